The van der Waals surface area contributed by atoms with Gasteiger partial charge in [-0.2, -0.15) is 0 Å². The maximum atomic E-state index is 13.2. The molecule has 2 amide bonds. The first kappa shape index (κ1) is 18.7. The molecule has 1 saturated heterocycles. The molecular formula is C24H21NO5. The number of Topliss-reactive ketones (excluding diaryl/α,β-unsaturated/α-hetero) is 1. The molecule has 1 aromatic rings. The summed E-state index contributed by atoms with van der Waals surface area (Å²) in [5.74, 6) is -2.94. The number of hydrogen-bond donors (Lipinski definition) is 2. The average Bonchev–Trinajstić information content (AvgIpc) is 3.01. The largest absolute Gasteiger partial charge is 0.507 e. The van der Waals surface area contributed by atoms with Gasteiger partial charge in [0.2, 0.25) is 11.8 Å². The summed E-state index contributed by atoms with van der Waals surface area (Å²) in [6, 6.07) is 5.35. The van der Waals surface area contributed by atoms with E-state index in [1.54, 1.807) is 26.0 Å². The minimum absolute atomic E-state index is 0.0810. The second-order valence-corrected chi connectivity index (χ2v) is 8.59. The van der Waals surface area contributed by atoms with Crippen molar-refractivity contribution in [3.8, 4) is 5.75 Å². The van der Waals surface area contributed by atoms with E-state index in [9.17, 15) is 24.3 Å². The van der Waals surface area contributed by atoms with Crippen LogP contribution in [0.3, 0.4) is 0 Å². The van der Waals surface area contributed by atoms with E-state index < -0.39 is 17.8 Å². The number of hydrogen-bond acceptors (Lipinski definition) is 5. The zero-order valence-corrected chi connectivity index (χ0v) is 16.7. The van der Waals surface area contributed by atoms with Crippen molar-refractivity contribution in [3.63, 3.8) is 0 Å². The van der Waals surface area contributed by atoms with E-state index in [0.29, 0.717) is 34.3 Å². The number of rotatable bonds is 1. The maximum Gasteiger partial charge on any atom is 0.231 e. The minimum Gasteiger partial charge on any atom is -0.507 e. The second-order valence-electron chi connectivity index (χ2n) is 8.59. The summed E-state index contributed by atoms with van der Waals surface area (Å²) >= 11 is 0. The van der Waals surface area contributed by atoms with E-state index in [4.69, 9.17) is 0 Å². The molecule has 4 aliphatic rings. The molecule has 0 bridgehead atoms. The summed E-state index contributed by atoms with van der Waals surface area (Å²) in [5, 5.41) is 13.3. The van der Waals surface area contributed by atoms with Gasteiger partial charge in [-0.3, -0.25) is 24.5 Å². The molecule has 1 heterocycles. The van der Waals surface area contributed by atoms with Crippen molar-refractivity contribution in [1.82, 2.24) is 5.32 Å². The van der Waals surface area contributed by atoms with Crippen LogP contribution < -0.4 is 5.32 Å². The molecule has 6 nitrogen and oxygen atoms in total. The Labute approximate surface area is 173 Å². The van der Waals surface area contributed by atoms with E-state index in [2.05, 4.69) is 5.32 Å². The fraction of sp³-hybridized carbons (Fsp3) is 0.333. The Morgan fingerprint density at radius 1 is 1.03 bits per heavy atom. The summed E-state index contributed by atoms with van der Waals surface area (Å²) in [7, 11) is 0. The van der Waals surface area contributed by atoms with E-state index in [0.717, 1.165) is 5.57 Å². The lowest BCUT2D eigenvalue weighted by molar-refractivity contribution is -0.126. The topological polar surface area (TPSA) is 101 Å². The number of aromatic hydroxyl groups is 1. The molecule has 4 atom stereocenters. The quantitative estimate of drug-likeness (QED) is 0.426. The number of imide groups is 1. The molecule has 0 saturated carbocycles. The highest BCUT2D eigenvalue weighted by Crippen LogP contribution is 2.55. The molecule has 3 aliphatic carbocycles. The van der Waals surface area contributed by atoms with E-state index >= 15 is 0 Å². The molecule has 30 heavy (non-hydrogen) atoms. The van der Waals surface area contributed by atoms with Crippen LogP contribution in [0.25, 0.3) is 0 Å². The van der Waals surface area contributed by atoms with Gasteiger partial charge < -0.3 is 5.11 Å². The standard InChI is InChI=1S/C24H21NO5/c1-10-4-3-5-13(21(10)27)18-12-6-7-14-19(24(30)25-23(14)29)15(12)9-16-17(26)8-11(2)22(28)20(16)18/h3-6,8,14-15,18-19,27H,7,9H2,1-2H3,(H,25,29,30). The Hall–Kier alpha value is -3.28. The number of benzene rings is 1. The molecule has 1 aromatic carbocycles. The van der Waals surface area contributed by atoms with E-state index in [-0.39, 0.29) is 41.5 Å². The zero-order valence-electron chi connectivity index (χ0n) is 16.7. The number of fused-ring (bicyclic) bond motifs is 3. The monoisotopic (exact) mass is 403 g/mol. The maximum absolute atomic E-state index is 13.2. The molecule has 2 N–H and O–H groups in total. The average molecular weight is 403 g/mol. The first-order valence-corrected chi connectivity index (χ1v) is 10.1. The van der Waals surface area contributed by atoms with Gasteiger partial charge in [0.05, 0.1) is 11.8 Å². The van der Waals surface area contributed by atoms with Crippen LogP contribution in [0.15, 0.2) is 52.6 Å². The highest BCUT2D eigenvalue weighted by molar-refractivity contribution is 6.23. The fourth-order valence-corrected chi connectivity index (χ4v) is 5.54. The normalized spacial score (nSPS) is 30.3. The molecule has 6 heteroatoms. The number of phenols is 1. The van der Waals surface area contributed by atoms with Crippen molar-refractivity contribution in [1.29, 1.82) is 0 Å². The van der Waals surface area contributed by atoms with Gasteiger partial charge in [-0.25, -0.2) is 0 Å². The third kappa shape index (κ3) is 2.43. The van der Waals surface area contributed by atoms with E-state index in [1.165, 1.54) is 6.08 Å². The molecule has 1 aliphatic heterocycles. The van der Waals surface area contributed by atoms with Crippen molar-refractivity contribution < 1.29 is 24.3 Å². The predicted octanol–water partition coefficient (Wildman–Crippen LogP) is 2.42. The first-order chi connectivity index (χ1) is 14.3. The van der Waals surface area contributed by atoms with Crippen LogP contribution in [0.4, 0.5) is 0 Å². The number of carbonyl (C=O) groups excluding carboxylic acids is 4. The Morgan fingerprint density at radius 2 is 1.80 bits per heavy atom. The summed E-state index contributed by atoms with van der Waals surface area (Å²) in [6.07, 6.45) is 3.94. The van der Waals surface area contributed by atoms with Crippen molar-refractivity contribution >= 4 is 23.4 Å². The lowest BCUT2D eigenvalue weighted by Gasteiger charge is -2.42. The van der Waals surface area contributed by atoms with Crippen LogP contribution >= 0.6 is 0 Å². The molecule has 152 valence electrons. The van der Waals surface area contributed by atoms with Crippen molar-refractivity contribution in [3.05, 3.63) is 63.8 Å². The summed E-state index contributed by atoms with van der Waals surface area (Å²) in [6.45, 7) is 3.40. The summed E-state index contributed by atoms with van der Waals surface area (Å²) in [4.78, 5) is 50.9. The summed E-state index contributed by atoms with van der Waals surface area (Å²) in [5.41, 5.74) is 3.23. The Morgan fingerprint density at radius 3 is 2.57 bits per heavy atom. The first-order valence-electron chi connectivity index (χ1n) is 10.1. The van der Waals surface area contributed by atoms with Crippen molar-refractivity contribution in [2.45, 2.75) is 32.6 Å². The van der Waals surface area contributed by atoms with Crippen LogP contribution in [0.1, 0.15) is 36.8 Å². The number of carbonyl (C=O) groups is 4. The lowest BCUT2D eigenvalue weighted by atomic mass is 9.59. The van der Waals surface area contributed by atoms with Crippen molar-refractivity contribution in [2.24, 2.45) is 17.8 Å². The number of ketones is 2. The Kier molecular flexibility index (Phi) is 3.97. The van der Waals surface area contributed by atoms with Crippen LogP contribution in [-0.4, -0.2) is 28.5 Å². The van der Waals surface area contributed by atoms with Crippen LogP contribution in [-0.2, 0) is 19.2 Å². The van der Waals surface area contributed by atoms with Gasteiger partial charge in [-0.05, 0) is 44.2 Å². The fourth-order valence-electron chi connectivity index (χ4n) is 5.54. The van der Waals surface area contributed by atoms with Gasteiger partial charge >= 0.3 is 0 Å². The Bertz CT molecular complexity index is 1150. The van der Waals surface area contributed by atoms with Gasteiger partial charge in [-0.15, -0.1) is 0 Å². The highest BCUT2D eigenvalue weighted by Gasteiger charge is 2.53. The molecular weight excluding hydrogens is 382 g/mol. The van der Waals surface area contributed by atoms with Gasteiger partial charge in [0.1, 0.15) is 5.75 Å². The minimum atomic E-state index is -0.608. The number of phenolic OH excluding ortho intramolecular Hbond substituents is 1. The number of allylic oxidation sites excluding steroid dienone is 6. The van der Waals surface area contributed by atoms with Crippen molar-refractivity contribution in [2.75, 3.05) is 0 Å². The lowest BCUT2D eigenvalue weighted by Crippen LogP contribution is -2.39. The number of para-hydroxylation sites is 1. The Balaban J connectivity index is 1.76. The number of amides is 2. The van der Waals surface area contributed by atoms with Crippen LogP contribution in [0.5, 0.6) is 5.75 Å². The molecule has 0 radical (unpaired) electrons. The van der Waals surface area contributed by atoms with Crippen LogP contribution in [0.2, 0.25) is 0 Å². The molecule has 0 spiro atoms. The smallest absolute Gasteiger partial charge is 0.231 e. The number of nitrogens with one attached hydrogen (secondary N) is 1. The van der Waals surface area contributed by atoms with Crippen LogP contribution in [0, 0.1) is 24.7 Å². The summed E-state index contributed by atoms with van der Waals surface area (Å²) < 4.78 is 0. The third-order valence-electron chi connectivity index (χ3n) is 6.99. The highest BCUT2D eigenvalue weighted by atomic mass is 16.3. The zero-order chi connectivity index (χ0) is 21.3. The van der Waals surface area contributed by atoms with Gasteiger partial charge in [-0.1, -0.05) is 29.8 Å². The molecule has 0 aromatic heterocycles. The van der Waals surface area contributed by atoms with Gasteiger partial charge in [0.25, 0.3) is 0 Å². The SMILES string of the molecule is CC1=CC(=O)C2=C(C1=O)C(c1cccc(C)c1O)C1=CCC3C(=O)NC(=O)C3C1C2. The number of aryl methyl sites for hydroxylation is 1. The molecule has 4 unspecified atom stereocenters. The molecule has 1 fully saturated rings. The van der Waals surface area contributed by atoms with Gasteiger partial charge in [0, 0.05) is 28.2 Å². The van der Waals surface area contributed by atoms with E-state index in [1.807, 2.05) is 12.1 Å². The third-order valence-corrected chi connectivity index (χ3v) is 6.99. The predicted molar refractivity (Wildman–Crippen MR) is 107 cm³/mol. The molecule has 5 rings (SSSR count). The van der Waals surface area contributed by atoms with Gasteiger partial charge in [0.15, 0.2) is 11.6 Å². The second kappa shape index (κ2) is 6.36.